The zero-order valence-corrected chi connectivity index (χ0v) is 14.8. The summed E-state index contributed by atoms with van der Waals surface area (Å²) in [5.74, 6) is -0.886. The molecule has 0 unspecified atom stereocenters. The Hall–Kier alpha value is -3.33. The first-order chi connectivity index (χ1) is 12.4. The van der Waals surface area contributed by atoms with Gasteiger partial charge in [0.25, 0.3) is 5.56 Å². The molecular formula is C20H18N2O4. The van der Waals surface area contributed by atoms with Crippen molar-refractivity contribution in [2.24, 2.45) is 0 Å². The van der Waals surface area contributed by atoms with E-state index in [9.17, 15) is 20.0 Å². The molecule has 0 aliphatic rings. The van der Waals surface area contributed by atoms with Gasteiger partial charge in [0.1, 0.15) is 17.2 Å². The van der Waals surface area contributed by atoms with Crippen LogP contribution in [0.3, 0.4) is 0 Å². The van der Waals surface area contributed by atoms with Crippen LogP contribution < -0.4 is 5.56 Å². The van der Waals surface area contributed by atoms with E-state index in [1.807, 2.05) is 25.1 Å². The molecule has 0 amide bonds. The Kier molecular flexibility index (Phi) is 4.39. The summed E-state index contributed by atoms with van der Waals surface area (Å²) in [6.45, 7) is 5.29. The van der Waals surface area contributed by atoms with Crippen LogP contribution in [0.25, 0.3) is 11.0 Å². The van der Waals surface area contributed by atoms with Crippen LogP contribution in [0, 0.1) is 25.2 Å². The lowest BCUT2D eigenvalue weighted by molar-refractivity contribution is 0.100. The number of hydrogen-bond acceptors (Lipinski definition) is 5. The molecule has 26 heavy (non-hydrogen) atoms. The number of carbonyl (C=O) groups excluding carboxylic acids is 1. The van der Waals surface area contributed by atoms with Crippen LogP contribution in [0.2, 0.25) is 0 Å². The Morgan fingerprint density at radius 3 is 2.58 bits per heavy atom. The van der Waals surface area contributed by atoms with Gasteiger partial charge in [0, 0.05) is 17.5 Å². The standard InChI is InChI=1S/C20H18N2O4/c1-4-9-22-19(24)14(10-21)11(2)16(20(22)25)17(23)18-12(3)13-7-5-6-8-15(13)26-18/h5-8,25H,4,9H2,1-3H3. The Labute approximate surface area is 149 Å². The van der Waals surface area contributed by atoms with Crippen LogP contribution >= 0.6 is 0 Å². The van der Waals surface area contributed by atoms with Crippen molar-refractivity contribution in [1.82, 2.24) is 4.57 Å². The predicted octanol–water partition coefficient (Wildman–Crippen LogP) is 3.43. The van der Waals surface area contributed by atoms with E-state index >= 15 is 0 Å². The maximum absolute atomic E-state index is 13.1. The van der Waals surface area contributed by atoms with Gasteiger partial charge in [0.2, 0.25) is 11.7 Å². The van der Waals surface area contributed by atoms with Crippen molar-refractivity contribution in [3.05, 3.63) is 62.6 Å². The van der Waals surface area contributed by atoms with Crippen LogP contribution in [-0.4, -0.2) is 15.5 Å². The van der Waals surface area contributed by atoms with E-state index < -0.39 is 17.2 Å². The molecule has 1 aromatic carbocycles. The van der Waals surface area contributed by atoms with Gasteiger partial charge >= 0.3 is 0 Å². The fraction of sp³-hybridized carbons (Fsp3) is 0.250. The largest absolute Gasteiger partial charge is 0.494 e. The van der Waals surface area contributed by atoms with Gasteiger partial charge in [-0.1, -0.05) is 25.1 Å². The normalized spacial score (nSPS) is 10.8. The highest BCUT2D eigenvalue weighted by Gasteiger charge is 2.28. The van der Waals surface area contributed by atoms with Crippen molar-refractivity contribution in [1.29, 1.82) is 5.26 Å². The fourth-order valence-corrected chi connectivity index (χ4v) is 3.16. The zero-order chi connectivity index (χ0) is 19.0. The number of benzene rings is 1. The molecule has 0 aliphatic heterocycles. The minimum absolute atomic E-state index is 0.0724. The van der Waals surface area contributed by atoms with Crippen molar-refractivity contribution in [3.63, 3.8) is 0 Å². The number of aryl methyl sites for hydroxylation is 1. The van der Waals surface area contributed by atoms with Gasteiger partial charge in [0.05, 0.1) is 5.56 Å². The highest BCUT2D eigenvalue weighted by molar-refractivity contribution is 6.12. The second-order valence-electron chi connectivity index (χ2n) is 6.15. The molecule has 132 valence electrons. The van der Waals surface area contributed by atoms with Crippen molar-refractivity contribution in [2.45, 2.75) is 33.7 Å². The van der Waals surface area contributed by atoms with Gasteiger partial charge in [0.15, 0.2) is 5.76 Å². The van der Waals surface area contributed by atoms with Crippen LogP contribution in [0.15, 0.2) is 33.5 Å². The quantitative estimate of drug-likeness (QED) is 0.727. The van der Waals surface area contributed by atoms with Crippen LogP contribution in [-0.2, 0) is 6.54 Å². The summed E-state index contributed by atoms with van der Waals surface area (Å²) in [7, 11) is 0. The summed E-state index contributed by atoms with van der Waals surface area (Å²) in [6, 6.07) is 9.10. The maximum atomic E-state index is 13.1. The summed E-state index contributed by atoms with van der Waals surface area (Å²) in [5.41, 5.74) is 0.559. The smallest absolute Gasteiger partial charge is 0.271 e. The molecule has 6 nitrogen and oxygen atoms in total. The molecule has 2 aromatic heterocycles. The van der Waals surface area contributed by atoms with Crippen molar-refractivity contribution in [2.75, 3.05) is 0 Å². The number of ketones is 1. The molecule has 3 rings (SSSR count). The second kappa shape index (κ2) is 6.52. The van der Waals surface area contributed by atoms with Crippen molar-refractivity contribution < 1.29 is 14.3 Å². The Balaban J connectivity index is 2.30. The minimum Gasteiger partial charge on any atom is -0.494 e. The Morgan fingerprint density at radius 2 is 1.96 bits per heavy atom. The van der Waals surface area contributed by atoms with E-state index in [0.29, 0.717) is 17.6 Å². The number of aromatic nitrogens is 1. The van der Waals surface area contributed by atoms with E-state index in [0.717, 1.165) is 9.95 Å². The van der Waals surface area contributed by atoms with E-state index in [1.54, 1.807) is 19.1 Å². The summed E-state index contributed by atoms with van der Waals surface area (Å²) < 4.78 is 6.76. The molecule has 0 saturated carbocycles. The van der Waals surface area contributed by atoms with Gasteiger partial charge < -0.3 is 9.52 Å². The number of para-hydroxylation sites is 1. The average Bonchev–Trinajstić information content (AvgIpc) is 2.96. The third-order valence-corrected chi connectivity index (χ3v) is 4.52. The lowest BCUT2D eigenvalue weighted by atomic mass is 9.98. The van der Waals surface area contributed by atoms with E-state index in [4.69, 9.17) is 4.42 Å². The first-order valence-electron chi connectivity index (χ1n) is 8.31. The summed E-state index contributed by atoms with van der Waals surface area (Å²) in [6.07, 6.45) is 0.568. The molecule has 3 aromatic rings. The van der Waals surface area contributed by atoms with Gasteiger partial charge in [-0.05, 0) is 31.9 Å². The van der Waals surface area contributed by atoms with E-state index in [2.05, 4.69) is 0 Å². The SMILES string of the molecule is CCCn1c(O)c(C(=O)c2oc3ccccc3c2C)c(C)c(C#N)c1=O. The Bertz CT molecular complexity index is 1130. The van der Waals surface area contributed by atoms with Crippen LogP contribution in [0.1, 0.15) is 46.2 Å². The van der Waals surface area contributed by atoms with Gasteiger partial charge in [-0.3, -0.25) is 14.2 Å². The topological polar surface area (TPSA) is 96.2 Å². The molecule has 6 heteroatoms. The zero-order valence-electron chi connectivity index (χ0n) is 14.8. The molecule has 0 fully saturated rings. The molecule has 2 heterocycles. The summed E-state index contributed by atoms with van der Waals surface area (Å²) >= 11 is 0. The monoisotopic (exact) mass is 350 g/mol. The summed E-state index contributed by atoms with van der Waals surface area (Å²) in [4.78, 5) is 25.5. The number of nitrogens with zero attached hydrogens (tertiary/aromatic N) is 2. The number of furan rings is 1. The lowest BCUT2D eigenvalue weighted by Crippen LogP contribution is -2.26. The number of aromatic hydroxyl groups is 1. The van der Waals surface area contributed by atoms with Crippen LogP contribution in [0.4, 0.5) is 0 Å². The first kappa shape index (κ1) is 17.5. The van der Waals surface area contributed by atoms with Crippen LogP contribution in [0.5, 0.6) is 5.88 Å². The predicted molar refractivity (Wildman–Crippen MR) is 96.5 cm³/mol. The number of carbonyl (C=O) groups is 1. The molecule has 0 atom stereocenters. The van der Waals surface area contributed by atoms with Gasteiger partial charge in [-0.2, -0.15) is 5.26 Å². The maximum Gasteiger partial charge on any atom is 0.271 e. The number of hydrogen-bond donors (Lipinski definition) is 1. The summed E-state index contributed by atoms with van der Waals surface area (Å²) in [5, 5.41) is 20.7. The molecule has 0 saturated heterocycles. The average molecular weight is 350 g/mol. The highest BCUT2D eigenvalue weighted by Crippen LogP contribution is 2.31. The minimum atomic E-state index is -0.595. The van der Waals surface area contributed by atoms with E-state index in [1.165, 1.54) is 6.92 Å². The number of nitriles is 1. The van der Waals surface area contributed by atoms with E-state index in [-0.39, 0.29) is 29.0 Å². The Morgan fingerprint density at radius 1 is 1.27 bits per heavy atom. The third kappa shape index (κ3) is 2.49. The molecule has 0 bridgehead atoms. The number of fused-ring (bicyclic) bond motifs is 1. The number of rotatable bonds is 4. The van der Waals surface area contributed by atoms with Gasteiger partial charge in [-0.25, -0.2) is 0 Å². The second-order valence-corrected chi connectivity index (χ2v) is 6.15. The third-order valence-electron chi connectivity index (χ3n) is 4.52. The van der Waals surface area contributed by atoms with Crippen molar-refractivity contribution >= 4 is 16.8 Å². The lowest BCUT2D eigenvalue weighted by Gasteiger charge is -2.14. The molecule has 1 N–H and O–H groups in total. The molecule has 0 radical (unpaired) electrons. The molecule has 0 aliphatic carbocycles. The fourth-order valence-electron chi connectivity index (χ4n) is 3.16. The number of pyridine rings is 1. The van der Waals surface area contributed by atoms with Crippen molar-refractivity contribution in [3.8, 4) is 11.9 Å². The highest BCUT2D eigenvalue weighted by atomic mass is 16.3. The van der Waals surface area contributed by atoms with Gasteiger partial charge in [-0.15, -0.1) is 0 Å². The molecule has 0 spiro atoms. The molecular weight excluding hydrogens is 332 g/mol. The first-order valence-corrected chi connectivity index (χ1v) is 8.31.